The summed E-state index contributed by atoms with van der Waals surface area (Å²) >= 11 is 37.0. The van der Waals surface area contributed by atoms with Crippen LogP contribution in [-0.2, 0) is 34.8 Å². The smallest absolute Gasteiger partial charge is 0.410 e. The van der Waals surface area contributed by atoms with Gasteiger partial charge in [0.25, 0.3) is 17.7 Å². The van der Waals surface area contributed by atoms with Crippen LogP contribution in [0.2, 0.25) is 30.1 Å². The molecular formula is C96H114Cl8N12O11S3. The first-order valence-electron chi connectivity index (χ1n) is 43.3. The van der Waals surface area contributed by atoms with Crippen LogP contribution < -0.4 is 28.9 Å². The molecule has 3 N–H and O–H groups in total. The van der Waals surface area contributed by atoms with Crippen molar-refractivity contribution < 1.29 is 49.2 Å². The van der Waals surface area contributed by atoms with Crippen molar-refractivity contribution in [2.45, 2.75) is 133 Å². The fourth-order valence-electron chi connectivity index (χ4n) is 18.1. The van der Waals surface area contributed by atoms with Crippen LogP contribution in [0.4, 0.5) is 21.9 Å². The van der Waals surface area contributed by atoms with Gasteiger partial charge in [-0.1, -0.05) is 174 Å². The first kappa shape index (κ1) is 103. The van der Waals surface area contributed by atoms with E-state index < -0.39 is 35.7 Å². The monoisotopic (exact) mass is 1990 g/mol. The third-order valence-corrected chi connectivity index (χ3v) is 29.5. The zero-order valence-corrected chi connectivity index (χ0v) is 82.6. The van der Waals surface area contributed by atoms with Crippen LogP contribution in [0.15, 0.2) is 218 Å². The van der Waals surface area contributed by atoms with E-state index in [9.17, 15) is 44.4 Å². The molecule has 0 radical (unpaired) electrons. The number of sulfonamides is 3. The van der Waals surface area contributed by atoms with E-state index >= 15 is 0 Å². The van der Waals surface area contributed by atoms with Crippen molar-refractivity contribution in [2.24, 2.45) is 0 Å². The van der Waals surface area contributed by atoms with E-state index in [0.29, 0.717) is 154 Å². The van der Waals surface area contributed by atoms with Gasteiger partial charge < -0.3 is 25.6 Å². The molecule has 698 valence electrons. The standard InChI is InChI=1S/C34H40Cl2N4O5S.2C31H36Cl2N4O3S.2ClH/c1-34(2,3)45-33(42)38-18-16-28(17-19-38)37-32(41)25-6-5-7-29(20-25)40(46(4,43)44)30-21-39(22-30)31(23-8-12-26(35)13-9-23)24-10-14-27(36)15-11-24;2*1-3-35-17-5-8-28(35)19-34-31(38)24-6-4-7-27(18-24)37(41(2,39)40)29-20-36(21-29)30(22-9-13-25(32)14-10-22)23-11-15-26(33)16-12-23;;/h5-15,20,28,30-31H,16-19,21-22H2,1-4H3,(H,37,41);2*4,6-7,9-16,18,28-30H,3,5,8,17,19-21H2,1-2H3,(H,34,38);2*1H. The summed E-state index contributed by atoms with van der Waals surface area (Å²) in [7, 11) is -10.9. The molecule has 6 heterocycles. The molecule has 23 nitrogen and oxygen atoms in total. The van der Waals surface area contributed by atoms with Gasteiger partial charge in [0.1, 0.15) is 5.60 Å². The Hall–Kier alpha value is -7.97. The van der Waals surface area contributed by atoms with Gasteiger partial charge in [0.2, 0.25) is 30.1 Å². The van der Waals surface area contributed by atoms with E-state index in [-0.39, 0.29) is 90.9 Å². The van der Waals surface area contributed by atoms with Gasteiger partial charge in [-0.05, 0) is 246 Å². The summed E-state index contributed by atoms with van der Waals surface area (Å²) in [6.07, 6.45) is 8.90. The highest BCUT2D eigenvalue weighted by molar-refractivity contribution is 7.92. The summed E-state index contributed by atoms with van der Waals surface area (Å²) in [5.74, 6) is -0.667. The number of hydrogen-bond donors (Lipinski definition) is 3. The van der Waals surface area contributed by atoms with Crippen LogP contribution in [0.1, 0.15) is 156 Å². The van der Waals surface area contributed by atoms with E-state index in [2.05, 4.69) is 54.3 Å². The number of hydrogen-bond acceptors (Lipinski definition) is 16. The Bertz CT molecular complexity index is 5320. The summed E-state index contributed by atoms with van der Waals surface area (Å²) in [4.78, 5) is 64.9. The van der Waals surface area contributed by atoms with Crippen LogP contribution >= 0.6 is 94.4 Å². The Kier molecular flexibility index (Phi) is 35.8. The van der Waals surface area contributed by atoms with Crippen molar-refractivity contribution in [3.8, 4) is 0 Å². The molecule has 9 aromatic carbocycles. The van der Waals surface area contributed by atoms with Crippen LogP contribution in [0.25, 0.3) is 0 Å². The predicted molar refractivity (Wildman–Crippen MR) is 530 cm³/mol. The van der Waals surface area contributed by atoms with Gasteiger partial charge in [0.15, 0.2) is 0 Å². The number of rotatable bonds is 28. The van der Waals surface area contributed by atoms with E-state index in [4.69, 9.17) is 74.3 Å². The Morgan fingerprint density at radius 3 is 0.900 bits per heavy atom. The minimum absolute atomic E-state index is 0. The van der Waals surface area contributed by atoms with Crippen LogP contribution in [0.5, 0.6) is 0 Å². The Labute approximate surface area is 808 Å². The maximum absolute atomic E-state index is 13.3. The quantitative estimate of drug-likeness (QED) is 0.0413. The third-order valence-electron chi connectivity index (χ3n) is 24.3. The van der Waals surface area contributed by atoms with E-state index in [0.717, 1.165) is 85.2 Å². The lowest BCUT2D eigenvalue weighted by atomic mass is 9.93. The highest BCUT2D eigenvalue weighted by Crippen LogP contribution is 2.42. The maximum atomic E-state index is 13.3. The normalized spacial score (nSPS) is 17.5. The van der Waals surface area contributed by atoms with Gasteiger partial charge in [-0.3, -0.25) is 51.8 Å². The SMILES string of the molecule is CC(C)(C)OC(=O)N1CCC(NC(=O)c2cccc(N(C3CN(C(c4ccc(Cl)cc4)c4ccc(Cl)cc4)C3)S(C)(=O)=O)c2)CC1.CCN1CCCC1CNC(=O)c1cccc(N(C2CN(C(c3ccc(Cl)cc3)c3ccc(Cl)cc3)C2)S(C)(=O)=O)c1.CCN1CCCC1CNC(=O)c1cccc(N(C2CN(C(c3ccc(Cl)cc3)c3ccc(Cl)cc3)C2)S(C)(=O)=O)c1.Cl.Cl. The van der Waals surface area contributed by atoms with Crippen molar-refractivity contribution in [3.05, 3.63) is 299 Å². The van der Waals surface area contributed by atoms with Crippen molar-refractivity contribution in [3.63, 3.8) is 0 Å². The molecule has 130 heavy (non-hydrogen) atoms. The second-order valence-corrected chi connectivity index (χ2v) is 42.8. The number of carbonyl (C=O) groups excluding carboxylic acids is 4. The maximum Gasteiger partial charge on any atom is 0.410 e. The predicted octanol–water partition coefficient (Wildman–Crippen LogP) is 18.1. The number of likely N-dealkylation sites (N-methyl/N-ethyl adjacent to an activating group) is 2. The number of likely N-dealkylation sites (tertiary alicyclic amines) is 6. The number of piperidine rings is 1. The molecular weight excluding hydrogens is 1880 g/mol. The number of nitrogens with zero attached hydrogens (tertiary/aromatic N) is 9. The highest BCUT2D eigenvalue weighted by Gasteiger charge is 2.45. The van der Waals surface area contributed by atoms with Crippen molar-refractivity contribution >= 4 is 165 Å². The molecule has 0 saturated carbocycles. The number of amides is 4. The molecule has 2 atom stereocenters. The Balaban J connectivity index is 0.000000187. The molecule has 6 fully saturated rings. The van der Waals surface area contributed by atoms with E-state index in [1.54, 1.807) is 77.7 Å². The van der Waals surface area contributed by atoms with Gasteiger partial charge in [-0.25, -0.2) is 30.0 Å². The average Bonchev–Trinajstić information content (AvgIpc) is 1.09. The summed E-state index contributed by atoms with van der Waals surface area (Å²) < 4.78 is 88.4. The van der Waals surface area contributed by atoms with Crippen LogP contribution in [0.3, 0.4) is 0 Å². The number of benzene rings is 9. The molecule has 0 spiro atoms. The average molecular weight is 1990 g/mol. The van der Waals surface area contributed by atoms with Gasteiger partial charge in [-0.2, -0.15) is 0 Å². The first-order valence-corrected chi connectivity index (χ1v) is 51.1. The highest BCUT2D eigenvalue weighted by atomic mass is 35.5. The summed E-state index contributed by atoms with van der Waals surface area (Å²) in [5, 5.41) is 13.1. The van der Waals surface area contributed by atoms with Crippen molar-refractivity contribution in [1.82, 2.24) is 45.3 Å². The minimum Gasteiger partial charge on any atom is -0.444 e. The van der Waals surface area contributed by atoms with E-state index in [1.165, 1.54) is 31.7 Å². The number of halogens is 8. The van der Waals surface area contributed by atoms with E-state index in [1.807, 2.05) is 166 Å². The zero-order chi connectivity index (χ0) is 91.5. The Morgan fingerprint density at radius 2 is 0.654 bits per heavy atom. The van der Waals surface area contributed by atoms with Gasteiger partial charge >= 0.3 is 6.09 Å². The molecule has 6 aliphatic rings. The summed E-state index contributed by atoms with van der Waals surface area (Å²) in [6, 6.07) is 66.2. The molecule has 6 saturated heterocycles. The molecule has 0 bridgehead atoms. The number of ether oxygens (including phenoxy) is 1. The third kappa shape index (κ3) is 26.6. The van der Waals surface area contributed by atoms with Gasteiger partial charge in [0, 0.05) is 130 Å². The Morgan fingerprint density at radius 1 is 0.392 bits per heavy atom. The lowest BCUT2D eigenvalue weighted by molar-refractivity contribution is 0.0199. The number of carbonyl (C=O) groups is 4. The zero-order valence-electron chi connectivity index (χ0n) is 73.9. The molecule has 34 heteroatoms. The fourth-order valence-corrected chi connectivity index (χ4v) is 22.4. The topological polar surface area (TPSA) is 245 Å². The minimum atomic E-state index is -3.67. The lowest BCUT2D eigenvalue weighted by Gasteiger charge is -2.48. The van der Waals surface area contributed by atoms with Crippen LogP contribution in [0, 0.1) is 0 Å². The van der Waals surface area contributed by atoms with Gasteiger partial charge in [0.05, 0.1) is 72.1 Å². The molecule has 6 aliphatic heterocycles. The molecule has 9 aromatic rings. The first-order chi connectivity index (χ1) is 60.9. The second kappa shape index (κ2) is 45.4. The molecule has 0 aromatic heterocycles. The largest absolute Gasteiger partial charge is 0.444 e. The molecule has 2 unspecified atom stereocenters. The second-order valence-electron chi connectivity index (χ2n) is 34.7. The summed E-state index contributed by atoms with van der Waals surface area (Å²) in [6.45, 7) is 19.0. The van der Waals surface area contributed by atoms with Crippen molar-refractivity contribution in [2.75, 3.05) is 123 Å². The molecule has 4 amide bonds. The lowest BCUT2D eigenvalue weighted by Crippen LogP contribution is -2.61. The van der Waals surface area contributed by atoms with Crippen LogP contribution in [-0.4, -0.2) is 231 Å². The molecule has 15 rings (SSSR count). The number of anilines is 3. The van der Waals surface area contributed by atoms with Gasteiger partial charge in [-0.15, -0.1) is 24.8 Å². The summed E-state index contributed by atoms with van der Waals surface area (Å²) in [5.41, 5.74) is 8.44. The number of nitrogens with one attached hydrogen (secondary N) is 3. The van der Waals surface area contributed by atoms with Crippen molar-refractivity contribution in [1.29, 1.82) is 0 Å². The molecule has 0 aliphatic carbocycles. The fraction of sp³-hybridized carbons (Fsp3) is 0.396.